The first kappa shape index (κ1) is 13.4. The summed E-state index contributed by atoms with van der Waals surface area (Å²) < 4.78 is 0. The number of rotatable bonds is 3. The molecule has 0 unspecified atom stereocenters. The largest absolute Gasteiger partial charge is 0.357 e. The van der Waals surface area contributed by atoms with Crippen LogP contribution in [0.25, 0.3) is 0 Å². The first-order valence-electron chi connectivity index (χ1n) is 7.76. The lowest BCUT2D eigenvalue weighted by Gasteiger charge is -2.49. The van der Waals surface area contributed by atoms with E-state index in [-0.39, 0.29) is 0 Å². The monoisotopic (exact) mass is 296 g/mol. The highest BCUT2D eigenvalue weighted by Gasteiger charge is 2.50. The van der Waals surface area contributed by atoms with Crippen molar-refractivity contribution in [1.29, 1.82) is 0 Å². The molecule has 2 fully saturated rings. The Hall–Kier alpha value is -2.24. The van der Waals surface area contributed by atoms with Crippen molar-refractivity contribution in [2.75, 3.05) is 29.9 Å². The molecule has 1 spiro atoms. The van der Waals surface area contributed by atoms with Gasteiger partial charge in [-0.2, -0.15) is 0 Å². The number of hydrogen-bond acceptors (Lipinski definition) is 6. The lowest BCUT2D eigenvalue weighted by Crippen LogP contribution is -2.51. The van der Waals surface area contributed by atoms with E-state index in [0.717, 1.165) is 24.7 Å². The van der Waals surface area contributed by atoms with E-state index < -0.39 is 0 Å². The van der Waals surface area contributed by atoms with Crippen LogP contribution < -0.4 is 9.80 Å². The third-order valence-electron chi connectivity index (χ3n) is 5.12. The average molecular weight is 296 g/mol. The maximum Gasteiger partial charge on any atom is 0.147 e. The zero-order valence-electron chi connectivity index (χ0n) is 12.8. The van der Waals surface area contributed by atoms with Gasteiger partial charge in [0.25, 0.3) is 0 Å². The van der Waals surface area contributed by atoms with Crippen LogP contribution in [0.15, 0.2) is 37.2 Å². The van der Waals surface area contributed by atoms with Crippen molar-refractivity contribution in [3.05, 3.63) is 37.2 Å². The number of hydrogen-bond donors (Lipinski definition) is 0. The predicted molar refractivity (Wildman–Crippen MR) is 84.8 cm³/mol. The van der Waals surface area contributed by atoms with E-state index in [1.54, 1.807) is 24.9 Å². The van der Waals surface area contributed by atoms with Crippen LogP contribution in [0.3, 0.4) is 0 Å². The smallest absolute Gasteiger partial charge is 0.147 e. The lowest BCUT2D eigenvalue weighted by molar-refractivity contribution is 0.128. The molecule has 114 valence electrons. The standard InChI is InChI=1S/C16H20N6/c1-21(14-2-4-18-12-20-14)13-8-16(9-13)3-7-22(11-16)15-10-17-5-6-19-15/h2,4-6,10,12-13H,3,7-9,11H2,1H3. The van der Waals surface area contributed by atoms with E-state index in [0.29, 0.717) is 11.5 Å². The molecule has 22 heavy (non-hydrogen) atoms. The van der Waals surface area contributed by atoms with E-state index in [1.807, 2.05) is 12.3 Å². The number of anilines is 2. The maximum absolute atomic E-state index is 4.42. The summed E-state index contributed by atoms with van der Waals surface area (Å²) in [5.41, 5.74) is 0.448. The highest BCUT2D eigenvalue weighted by molar-refractivity contribution is 5.41. The SMILES string of the molecule is CN(c1ccncn1)C1CC2(CCN(c3cnccn3)C2)C1. The minimum absolute atomic E-state index is 0.448. The second kappa shape index (κ2) is 5.19. The average Bonchev–Trinajstić information content (AvgIpc) is 3.00. The summed E-state index contributed by atoms with van der Waals surface area (Å²) >= 11 is 0. The summed E-state index contributed by atoms with van der Waals surface area (Å²) in [5.74, 6) is 2.02. The van der Waals surface area contributed by atoms with Gasteiger partial charge in [-0.1, -0.05) is 0 Å². The molecule has 2 aliphatic rings. The summed E-state index contributed by atoms with van der Waals surface area (Å²) in [4.78, 5) is 21.6. The quantitative estimate of drug-likeness (QED) is 0.860. The molecule has 1 aliphatic carbocycles. The predicted octanol–water partition coefficient (Wildman–Crippen LogP) is 1.76. The minimum Gasteiger partial charge on any atom is -0.357 e. The Morgan fingerprint density at radius 2 is 2.09 bits per heavy atom. The van der Waals surface area contributed by atoms with Gasteiger partial charge in [-0.15, -0.1) is 0 Å². The summed E-state index contributed by atoms with van der Waals surface area (Å²) in [7, 11) is 2.13. The van der Waals surface area contributed by atoms with Gasteiger partial charge in [0.1, 0.15) is 18.0 Å². The first-order valence-corrected chi connectivity index (χ1v) is 7.76. The van der Waals surface area contributed by atoms with E-state index in [9.17, 15) is 0 Å². The molecule has 0 radical (unpaired) electrons. The van der Waals surface area contributed by atoms with Gasteiger partial charge in [-0.3, -0.25) is 4.98 Å². The molecule has 1 saturated carbocycles. The van der Waals surface area contributed by atoms with E-state index in [1.165, 1.54) is 19.3 Å². The first-order chi connectivity index (χ1) is 10.8. The Bertz CT molecular complexity index is 626. The third kappa shape index (κ3) is 2.28. The fourth-order valence-electron chi connectivity index (χ4n) is 3.81. The van der Waals surface area contributed by atoms with Crippen molar-refractivity contribution in [1.82, 2.24) is 19.9 Å². The van der Waals surface area contributed by atoms with Crippen LogP contribution in [0.5, 0.6) is 0 Å². The molecule has 0 N–H and O–H groups in total. The molecule has 6 heteroatoms. The van der Waals surface area contributed by atoms with Crippen molar-refractivity contribution >= 4 is 11.6 Å². The van der Waals surface area contributed by atoms with Crippen molar-refractivity contribution in [2.24, 2.45) is 5.41 Å². The zero-order valence-corrected chi connectivity index (χ0v) is 12.8. The van der Waals surface area contributed by atoms with Gasteiger partial charge >= 0.3 is 0 Å². The Morgan fingerprint density at radius 1 is 1.18 bits per heavy atom. The summed E-state index contributed by atoms with van der Waals surface area (Å²) in [6.45, 7) is 2.18. The summed E-state index contributed by atoms with van der Waals surface area (Å²) in [6.07, 6.45) is 12.5. The second-order valence-corrected chi connectivity index (χ2v) is 6.48. The van der Waals surface area contributed by atoms with Crippen molar-refractivity contribution in [3.8, 4) is 0 Å². The lowest BCUT2D eigenvalue weighted by atomic mass is 9.64. The Labute approximate surface area is 130 Å². The molecular weight excluding hydrogens is 276 g/mol. The minimum atomic E-state index is 0.448. The Kier molecular flexibility index (Phi) is 3.17. The van der Waals surface area contributed by atoms with Crippen molar-refractivity contribution in [2.45, 2.75) is 25.3 Å². The molecule has 1 aliphatic heterocycles. The number of aromatic nitrogens is 4. The van der Waals surface area contributed by atoms with Gasteiger partial charge in [0.15, 0.2) is 0 Å². The highest BCUT2D eigenvalue weighted by atomic mass is 15.2. The molecule has 0 atom stereocenters. The van der Waals surface area contributed by atoms with E-state index in [2.05, 4.69) is 36.8 Å². The van der Waals surface area contributed by atoms with Crippen LogP contribution in [0.2, 0.25) is 0 Å². The Morgan fingerprint density at radius 3 is 2.82 bits per heavy atom. The third-order valence-corrected chi connectivity index (χ3v) is 5.12. The van der Waals surface area contributed by atoms with Crippen LogP contribution in [0.4, 0.5) is 11.6 Å². The normalized spacial score (nSPS) is 27.0. The van der Waals surface area contributed by atoms with Gasteiger partial charge in [0.05, 0.1) is 6.20 Å². The van der Waals surface area contributed by atoms with E-state index in [4.69, 9.17) is 0 Å². The molecule has 2 aromatic rings. The molecule has 1 saturated heterocycles. The van der Waals surface area contributed by atoms with Gasteiger partial charge in [-0.05, 0) is 30.7 Å². The molecule has 0 amide bonds. The summed E-state index contributed by atoms with van der Waals surface area (Å²) in [5, 5.41) is 0. The summed E-state index contributed by atoms with van der Waals surface area (Å²) in [6, 6.07) is 2.56. The van der Waals surface area contributed by atoms with Crippen molar-refractivity contribution in [3.63, 3.8) is 0 Å². The second-order valence-electron chi connectivity index (χ2n) is 6.48. The molecular formula is C16H20N6. The molecule has 3 heterocycles. The molecule has 6 nitrogen and oxygen atoms in total. The topological polar surface area (TPSA) is 58.0 Å². The molecule has 0 aromatic carbocycles. The molecule has 2 aromatic heterocycles. The number of nitrogens with zero attached hydrogens (tertiary/aromatic N) is 6. The van der Waals surface area contributed by atoms with Crippen LogP contribution in [0.1, 0.15) is 19.3 Å². The van der Waals surface area contributed by atoms with Crippen LogP contribution in [-0.4, -0.2) is 46.1 Å². The fourth-order valence-corrected chi connectivity index (χ4v) is 3.81. The zero-order chi connectivity index (χ0) is 15.0. The van der Waals surface area contributed by atoms with Crippen molar-refractivity contribution < 1.29 is 0 Å². The molecule has 0 bridgehead atoms. The van der Waals surface area contributed by atoms with Gasteiger partial charge in [0, 0.05) is 44.8 Å². The fraction of sp³-hybridized carbons (Fsp3) is 0.500. The van der Waals surface area contributed by atoms with Crippen LogP contribution in [0, 0.1) is 5.41 Å². The van der Waals surface area contributed by atoms with Gasteiger partial charge in [-0.25, -0.2) is 15.0 Å². The van der Waals surface area contributed by atoms with E-state index >= 15 is 0 Å². The maximum atomic E-state index is 4.42. The van der Waals surface area contributed by atoms with Crippen LogP contribution in [-0.2, 0) is 0 Å². The Balaban J connectivity index is 1.39. The molecule has 4 rings (SSSR count). The van der Waals surface area contributed by atoms with Gasteiger partial charge < -0.3 is 9.80 Å². The highest BCUT2D eigenvalue weighted by Crippen LogP contribution is 2.50. The van der Waals surface area contributed by atoms with Gasteiger partial charge in [0.2, 0.25) is 0 Å². The van der Waals surface area contributed by atoms with Crippen LogP contribution >= 0.6 is 0 Å².